The van der Waals surface area contributed by atoms with E-state index < -0.39 is 0 Å². The summed E-state index contributed by atoms with van der Waals surface area (Å²) in [7, 11) is 0. The Morgan fingerprint density at radius 3 is 2.63 bits per heavy atom. The second kappa shape index (κ2) is 8.56. The van der Waals surface area contributed by atoms with E-state index in [1.165, 1.54) is 0 Å². The van der Waals surface area contributed by atoms with E-state index in [0.29, 0.717) is 13.2 Å². The molecule has 0 aliphatic rings. The Kier molecular flexibility index (Phi) is 7.42. The van der Waals surface area contributed by atoms with E-state index >= 15 is 0 Å². The van der Waals surface area contributed by atoms with E-state index in [-0.39, 0.29) is 12.1 Å². The first-order valence-electron chi connectivity index (χ1n) is 6.81. The van der Waals surface area contributed by atoms with E-state index in [0.717, 1.165) is 28.6 Å². The molecule has 1 aromatic carbocycles. The first kappa shape index (κ1) is 16.5. The fraction of sp³-hybridized carbons (Fsp3) is 0.600. The minimum atomic E-state index is 0.170. The normalized spacial score (nSPS) is 12.7. The van der Waals surface area contributed by atoms with Crippen LogP contribution in [0.15, 0.2) is 22.7 Å². The molecule has 0 amide bonds. The van der Waals surface area contributed by atoms with Crippen LogP contribution in [0.2, 0.25) is 0 Å². The zero-order valence-corrected chi connectivity index (χ0v) is 13.6. The first-order valence-corrected chi connectivity index (χ1v) is 7.60. The van der Waals surface area contributed by atoms with Crippen molar-refractivity contribution in [2.24, 2.45) is 5.73 Å². The molecule has 1 aromatic rings. The summed E-state index contributed by atoms with van der Waals surface area (Å²) in [6.45, 7) is 7.30. The predicted molar refractivity (Wildman–Crippen MR) is 82.7 cm³/mol. The Hall–Kier alpha value is -0.580. The monoisotopic (exact) mass is 329 g/mol. The molecule has 1 rings (SSSR count). The smallest absolute Gasteiger partial charge is 0.122 e. The summed E-state index contributed by atoms with van der Waals surface area (Å²) in [6.07, 6.45) is 2.03. The highest BCUT2D eigenvalue weighted by Gasteiger charge is 2.09. The zero-order valence-electron chi connectivity index (χ0n) is 12.0. The van der Waals surface area contributed by atoms with Gasteiger partial charge in [0.25, 0.3) is 0 Å². The van der Waals surface area contributed by atoms with Gasteiger partial charge < -0.3 is 15.2 Å². The van der Waals surface area contributed by atoms with Crippen LogP contribution < -0.4 is 10.5 Å². The topological polar surface area (TPSA) is 44.5 Å². The van der Waals surface area contributed by atoms with Gasteiger partial charge in [-0.2, -0.15) is 0 Å². The van der Waals surface area contributed by atoms with Crippen molar-refractivity contribution in [3.63, 3.8) is 0 Å². The van der Waals surface area contributed by atoms with E-state index in [1.54, 1.807) is 0 Å². The minimum Gasteiger partial charge on any atom is -0.491 e. The summed E-state index contributed by atoms with van der Waals surface area (Å²) in [4.78, 5) is 0. The van der Waals surface area contributed by atoms with Crippen LogP contribution in [0.5, 0.6) is 5.75 Å². The second-order valence-corrected chi connectivity index (χ2v) is 5.81. The molecule has 0 radical (unpaired) electrons. The zero-order chi connectivity index (χ0) is 14.3. The third kappa shape index (κ3) is 6.41. The average molecular weight is 330 g/mol. The van der Waals surface area contributed by atoms with E-state index in [1.807, 2.05) is 26.0 Å². The Bertz CT molecular complexity index is 382. The number of benzene rings is 1. The van der Waals surface area contributed by atoms with Crippen molar-refractivity contribution in [2.75, 3.05) is 13.2 Å². The van der Waals surface area contributed by atoms with Gasteiger partial charge in [-0.05, 0) is 50.5 Å². The highest BCUT2D eigenvalue weighted by Crippen LogP contribution is 2.24. The number of ether oxygens (including phenoxy) is 2. The second-order valence-electron chi connectivity index (χ2n) is 4.89. The van der Waals surface area contributed by atoms with Crippen molar-refractivity contribution < 1.29 is 9.47 Å². The molecule has 1 atom stereocenters. The SMILES string of the molecule is CCC(N)Cc1cc(Br)ccc1OCCOC(C)C. The molecule has 0 saturated heterocycles. The van der Waals surface area contributed by atoms with Crippen LogP contribution in [0, 0.1) is 0 Å². The molecule has 4 heteroatoms. The van der Waals surface area contributed by atoms with Crippen LogP contribution >= 0.6 is 15.9 Å². The van der Waals surface area contributed by atoms with Gasteiger partial charge in [0.15, 0.2) is 0 Å². The van der Waals surface area contributed by atoms with Crippen LogP contribution in [0.25, 0.3) is 0 Å². The maximum atomic E-state index is 6.02. The molecule has 0 fully saturated rings. The molecule has 0 saturated carbocycles. The highest BCUT2D eigenvalue weighted by atomic mass is 79.9. The van der Waals surface area contributed by atoms with Crippen molar-refractivity contribution in [2.45, 2.75) is 45.8 Å². The van der Waals surface area contributed by atoms with E-state index in [4.69, 9.17) is 15.2 Å². The molecular formula is C15H24BrNO2. The summed E-state index contributed by atoms with van der Waals surface area (Å²) in [5.74, 6) is 0.902. The van der Waals surface area contributed by atoms with Gasteiger partial charge in [-0.3, -0.25) is 0 Å². The quantitative estimate of drug-likeness (QED) is 0.742. The number of hydrogen-bond acceptors (Lipinski definition) is 3. The standard InChI is InChI=1S/C15H24BrNO2/c1-4-14(17)10-12-9-13(16)5-6-15(12)19-8-7-18-11(2)3/h5-6,9,11,14H,4,7-8,10,17H2,1-3H3. The molecule has 3 nitrogen and oxygen atoms in total. The molecule has 108 valence electrons. The molecule has 19 heavy (non-hydrogen) atoms. The van der Waals surface area contributed by atoms with Gasteiger partial charge in [0.1, 0.15) is 12.4 Å². The lowest BCUT2D eigenvalue weighted by Crippen LogP contribution is -2.22. The van der Waals surface area contributed by atoms with Gasteiger partial charge in [0.05, 0.1) is 12.7 Å². The van der Waals surface area contributed by atoms with Crippen LogP contribution in [0.1, 0.15) is 32.8 Å². The van der Waals surface area contributed by atoms with Crippen molar-refractivity contribution in [1.82, 2.24) is 0 Å². The lowest BCUT2D eigenvalue weighted by atomic mass is 10.0. The van der Waals surface area contributed by atoms with Crippen molar-refractivity contribution in [3.8, 4) is 5.75 Å². The summed E-state index contributed by atoms with van der Waals surface area (Å²) >= 11 is 3.49. The van der Waals surface area contributed by atoms with Crippen LogP contribution in [-0.4, -0.2) is 25.4 Å². The Morgan fingerprint density at radius 2 is 2.00 bits per heavy atom. The van der Waals surface area contributed by atoms with Crippen molar-refractivity contribution in [1.29, 1.82) is 0 Å². The molecule has 2 N–H and O–H groups in total. The predicted octanol–water partition coefficient (Wildman–Crippen LogP) is 3.53. The van der Waals surface area contributed by atoms with Gasteiger partial charge in [0, 0.05) is 10.5 Å². The Morgan fingerprint density at radius 1 is 1.26 bits per heavy atom. The fourth-order valence-corrected chi connectivity index (χ4v) is 2.12. The molecule has 0 aliphatic heterocycles. The van der Waals surface area contributed by atoms with Crippen LogP contribution in [-0.2, 0) is 11.2 Å². The molecule has 0 aromatic heterocycles. The van der Waals surface area contributed by atoms with Gasteiger partial charge in [-0.15, -0.1) is 0 Å². The Labute approximate surface area is 124 Å². The number of hydrogen-bond donors (Lipinski definition) is 1. The van der Waals surface area contributed by atoms with Crippen molar-refractivity contribution in [3.05, 3.63) is 28.2 Å². The number of rotatable bonds is 8. The number of halogens is 1. The number of nitrogens with two attached hydrogens (primary N) is 1. The van der Waals surface area contributed by atoms with E-state index in [2.05, 4.69) is 28.9 Å². The first-order chi connectivity index (χ1) is 9.02. The lowest BCUT2D eigenvalue weighted by molar-refractivity contribution is 0.0550. The van der Waals surface area contributed by atoms with Gasteiger partial charge in [-0.25, -0.2) is 0 Å². The third-order valence-electron chi connectivity index (χ3n) is 2.82. The van der Waals surface area contributed by atoms with Gasteiger partial charge in [0.2, 0.25) is 0 Å². The van der Waals surface area contributed by atoms with Crippen LogP contribution in [0.4, 0.5) is 0 Å². The summed E-state index contributed by atoms with van der Waals surface area (Å²) in [6, 6.07) is 6.22. The molecule has 1 unspecified atom stereocenters. The summed E-state index contributed by atoms with van der Waals surface area (Å²) < 4.78 is 12.3. The minimum absolute atomic E-state index is 0.170. The van der Waals surface area contributed by atoms with Crippen LogP contribution in [0.3, 0.4) is 0 Å². The third-order valence-corrected chi connectivity index (χ3v) is 3.31. The average Bonchev–Trinajstić information content (AvgIpc) is 2.36. The maximum Gasteiger partial charge on any atom is 0.122 e. The molecular weight excluding hydrogens is 306 g/mol. The van der Waals surface area contributed by atoms with Crippen molar-refractivity contribution >= 4 is 15.9 Å². The molecule has 0 heterocycles. The molecule has 0 bridgehead atoms. The molecule has 0 spiro atoms. The lowest BCUT2D eigenvalue weighted by Gasteiger charge is -2.15. The largest absolute Gasteiger partial charge is 0.491 e. The van der Waals surface area contributed by atoms with Gasteiger partial charge in [-0.1, -0.05) is 22.9 Å². The maximum absolute atomic E-state index is 6.02. The Balaban J connectivity index is 2.60. The van der Waals surface area contributed by atoms with Gasteiger partial charge >= 0.3 is 0 Å². The summed E-state index contributed by atoms with van der Waals surface area (Å²) in [5.41, 5.74) is 7.17. The molecule has 0 aliphatic carbocycles. The van der Waals surface area contributed by atoms with E-state index in [9.17, 15) is 0 Å². The highest BCUT2D eigenvalue weighted by molar-refractivity contribution is 9.10. The summed E-state index contributed by atoms with van der Waals surface area (Å²) in [5, 5.41) is 0. The fourth-order valence-electron chi connectivity index (χ4n) is 1.71.